The number of piperidine rings is 1. The second kappa shape index (κ2) is 8.64. The Hall–Kier alpha value is -1.55. The van der Waals surface area contributed by atoms with Crippen LogP contribution < -0.4 is 10.0 Å². The van der Waals surface area contributed by atoms with Crippen molar-refractivity contribution in [2.75, 3.05) is 26.2 Å². The highest BCUT2D eigenvalue weighted by atomic mass is 32.2. The predicted molar refractivity (Wildman–Crippen MR) is 107 cm³/mol. The van der Waals surface area contributed by atoms with Crippen LogP contribution in [0.15, 0.2) is 23.1 Å². The number of rotatable bonds is 7. The zero-order valence-corrected chi connectivity index (χ0v) is 17.3. The highest BCUT2D eigenvalue weighted by Crippen LogP contribution is 2.24. The third kappa shape index (κ3) is 5.25. The van der Waals surface area contributed by atoms with Crippen LogP contribution in [0.25, 0.3) is 10.2 Å². The fourth-order valence-corrected chi connectivity index (χ4v) is 5.27. The highest BCUT2D eigenvalue weighted by molar-refractivity contribution is 7.89. The Kier molecular flexibility index (Phi) is 6.46. The van der Waals surface area contributed by atoms with Gasteiger partial charge in [0.15, 0.2) is 0 Å². The standard InChI is InChI=1S/C18H26N4O3S2/c1-13-5-3-4-9-22(13)10-8-19-18(23)12-20-27(24,25)15-6-7-16-17(11-15)26-14(2)21-16/h6-7,11,13,20H,3-5,8-10,12H2,1-2H3,(H,19,23)/t13-/m0/s1. The van der Waals surface area contributed by atoms with Gasteiger partial charge in [0, 0.05) is 19.1 Å². The summed E-state index contributed by atoms with van der Waals surface area (Å²) in [5, 5.41) is 3.68. The van der Waals surface area contributed by atoms with E-state index in [-0.39, 0.29) is 17.3 Å². The SMILES string of the molecule is Cc1nc2ccc(S(=O)(=O)NCC(=O)NCCN3CCCC[C@@H]3C)cc2s1. The van der Waals surface area contributed by atoms with Gasteiger partial charge in [0.25, 0.3) is 0 Å². The first-order valence-corrected chi connectivity index (χ1v) is 11.5. The van der Waals surface area contributed by atoms with Crippen molar-refractivity contribution >= 4 is 37.5 Å². The molecule has 1 fully saturated rings. The summed E-state index contributed by atoms with van der Waals surface area (Å²) in [7, 11) is -3.73. The molecule has 1 atom stereocenters. The van der Waals surface area contributed by atoms with Gasteiger partial charge in [-0.3, -0.25) is 9.69 Å². The summed E-state index contributed by atoms with van der Waals surface area (Å²) in [6, 6.07) is 5.34. The Morgan fingerprint density at radius 1 is 1.37 bits per heavy atom. The second-order valence-corrected chi connectivity index (χ2v) is 9.92. The van der Waals surface area contributed by atoms with Crippen molar-refractivity contribution in [3.05, 3.63) is 23.2 Å². The van der Waals surface area contributed by atoms with Crippen molar-refractivity contribution in [2.24, 2.45) is 0 Å². The Labute approximate surface area is 164 Å². The van der Waals surface area contributed by atoms with Crippen LogP contribution in [0.3, 0.4) is 0 Å². The molecule has 2 aromatic rings. The number of nitrogens with zero attached hydrogens (tertiary/aromatic N) is 2. The van der Waals surface area contributed by atoms with Gasteiger partial charge in [-0.25, -0.2) is 18.1 Å². The largest absolute Gasteiger partial charge is 0.354 e. The Balaban J connectivity index is 1.49. The van der Waals surface area contributed by atoms with Crippen LogP contribution in [-0.2, 0) is 14.8 Å². The lowest BCUT2D eigenvalue weighted by molar-refractivity contribution is -0.120. The van der Waals surface area contributed by atoms with Crippen LogP contribution in [-0.4, -0.2) is 56.4 Å². The maximum Gasteiger partial charge on any atom is 0.241 e. The van der Waals surface area contributed by atoms with Gasteiger partial charge in [-0.2, -0.15) is 0 Å². The van der Waals surface area contributed by atoms with Crippen molar-refractivity contribution in [3.63, 3.8) is 0 Å². The smallest absolute Gasteiger partial charge is 0.241 e. The van der Waals surface area contributed by atoms with Gasteiger partial charge in [-0.05, 0) is 51.4 Å². The number of thiazole rings is 1. The number of hydrogen-bond donors (Lipinski definition) is 2. The molecule has 0 saturated carbocycles. The third-order valence-electron chi connectivity index (χ3n) is 4.86. The maximum absolute atomic E-state index is 12.4. The minimum absolute atomic E-state index is 0.147. The molecule has 0 spiro atoms. The molecule has 2 N–H and O–H groups in total. The number of aromatic nitrogens is 1. The lowest BCUT2D eigenvalue weighted by Crippen LogP contribution is -2.44. The molecule has 0 radical (unpaired) electrons. The molecule has 1 aliphatic rings. The van der Waals surface area contributed by atoms with Crippen molar-refractivity contribution < 1.29 is 13.2 Å². The Morgan fingerprint density at radius 2 is 2.19 bits per heavy atom. The van der Waals surface area contributed by atoms with Crippen LogP contribution in [0.2, 0.25) is 0 Å². The molecule has 9 heteroatoms. The number of benzene rings is 1. The van der Waals surface area contributed by atoms with E-state index in [0.717, 1.165) is 28.3 Å². The normalized spacial score (nSPS) is 18.7. The monoisotopic (exact) mass is 410 g/mol. The summed E-state index contributed by atoms with van der Waals surface area (Å²) in [6.45, 7) is 6.20. The van der Waals surface area contributed by atoms with E-state index in [9.17, 15) is 13.2 Å². The van der Waals surface area contributed by atoms with Crippen molar-refractivity contribution in [1.29, 1.82) is 0 Å². The van der Waals surface area contributed by atoms with Gasteiger partial charge >= 0.3 is 0 Å². The zero-order valence-electron chi connectivity index (χ0n) is 15.7. The van der Waals surface area contributed by atoms with E-state index in [4.69, 9.17) is 0 Å². The van der Waals surface area contributed by atoms with Crippen LogP contribution >= 0.6 is 11.3 Å². The third-order valence-corrected chi connectivity index (χ3v) is 7.19. The number of carbonyl (C=O) groups excluding carboxylic acids is 1. The summed E-state index contributed by atoms with van der Waals surface area (Å²) in [5.41, 5.74) is 0.779. The van der Waals surface area contributed by atoms with E-state index >= 15 is 0 Å². The van der Waals surface area contributed by atoms with Crippen molar-refractivity contribution in [2.45, 2.75) is 44.0 Å². The number of hydrogen-bond acceptors (Lipinski definition) is 6. The van der Waals surface area contributed by atoms with E-state index in [0.29, 0.717) is 12.6 Å². The number of carbonyl (C=O) groups is 1. The molecule has 0 bridgehead atoms. The Morgan fingerprint density at radius 3 is 2.96 bits per heavy atom. The molecule has 3 rings (SSSR count). The molecule has 7 nitrogen and oxygen atoms in total. The molecular formula is C18H26N4O3S2. The molecule has 148 valence electrons. The highest BCUT2D eigenvalue weighted by Gasteiger charge is 2.19. The molecule has 1 aromatic carbocycles. The van der Waals surface area contributed by atoms with E-state index in [1.54, 1.807) is 12.1 Å². The molecule has 0 aliphatic carbocycles. The summed E-state index contributed by atoms with van der Waals surface area (Å²) in [5.74, 6) is -0.321. The van der Waals surface area contributed by atoms with Crippen LogP contribution in [0.1, 0.15) is 31.2 Å². The fourth-order valence-electron chi connectivity index (χ4n) is 3.32. The van der Waals surface area contributed by atoms with E-state index in [1.165, 1.54) is 36.7 Å². The van der Waals surface area contributed by atoms with Crippen molar-refractivity contribution in [3.8, 4) is 0 Å². The average molecular weight is 411 g/mol. The lowest BCUT2D eigenvalue weighted by Gasteiger charge is -2.33. The minimum atomic E-state index is -3.73. The van der Waals surface area contributed by atoms with Gasteiger partial charge < -0.3 is 5.32 Å². The fraction of sp³-hybridized carbons (Fsp3) is 0.556. The summed E-state index contributed by atoms with van der Waals surface area (Å²) in [4.78, 5) is 18.8. The maximum atomic E-state index is 12.4. The average Bonchev–Trinajstić information content (AvgIpc) is 3.01. The van der Waals surface area contributed by atoms with Gasteiger partial charge in [0.2, 0.25) is 15.9 Å². The molecule has 1 saturated heterocycles. The molecule has 1 aliphatic heterocycles. The van der Waals surface area contributed by atoms with E-state index < -0.39 is 10.0 Å². The van der Waals surface area contributed by atoms with E-state index in [2.05, 4.69) is 26.8 Å². The number of sulfonamides is 1. The molecule has 0 unspecified atom stereocenters. The quantitative estimate of drug-likeness (QED) is 0.727. The first-order chi connectivity index (χ1) is 12.8. The number of amides is 1. The van der Waals surface area contributed by atoms with Crippen LogP contribution in [0.5, 0.6) is 0 Å². The molecule has 1 aromatic heterocycles. The lowest BCUT2D eigenvalue weighted by atomic mass is 10.0. The minimum Gasteiger partial charge on any atom is -0.354 e. The predicted octanol–water partition coefficient (Wildman–Crippen LogP) is 1.87. The molecule has 2 heterocycles. The summed E-state index contributed by atoms with van der Waals surface area (Å²) >= 11 is 1.44. The van der Waals surface area contributed by atoms with Gasteiger partial charge in [0.1, 0.15) is 0 Å². The molecule has 1 amide bonds. The number of nitrogens with one attached hydrogen (secondary N) is 2. The van der Waals surface area contributed by atoms with Gasteiger partial charge in [-0.15, -0.1) is 11.3 Å². The number of likely N-dealkylation sites (tertiary alicyclic amines) is 1. The van der Waals surface area contributed by atoms with Crippen molar-refractivity contribution in [1.82, 2.24) is 19.9 Å². The van der Waals surface area contributed by atoms with Crippen LogP contribution in [0.4, 0.5) is 0 Å². The second-order valence-electron chi connectivity index (χ2n) is 6.92. The number of aryl methyl sites for hydroxylation is 1. The molecule has 27 heavy (non-hydrogen) atoms. The summed E-state index contributed by atoms with van der Waals surface area (Å²) in [6.07, 6.45) is 3.65. The van der Waals surface area contributed by atoms with Gasteiger partial charge in [-0.1, -0.05) is 6.42 Å². The zero-order chi connectivity index (χ0) is 19.4. The topological polar surface area (TPSA) is 91.4 Å². The Bertz CT molecular complexity index is 910. The first-order valence-electron chi connectivity index (χ1n) is 9.23. The number of fused-ring (bicyclic) bond motifs is 1. The van der Waals surface area contributed by atoms with Crippen LogP contribution in [0, 0.1) is 6.92 Å². The summed E-state index contributed by atoms with van der Waals surface area (Å²) < 4.78 is 28.1. The van der Waals surface area contributed by atoms with Gasteiger partial charge in [0.05, 0.1) is 26.7 Å². The first kappa shape index (κ1) is 20.2. The van der Waals surface area contributed by atoms with E-state index in [1.807, 2.05) is 6.92 Å². The molecular weight excluding hydrogens is 384 g/mol.